The Kier molecular flexibility index (Phi) is 4.00. The van der Waals surface area contributed by atoms with Crippen LogP contribution in [0, 0.1) is 5.92 Å². The van der Waals surface area contributed by atoms with Crippen LogP contribution in [0.25, 0.3) is 0 Å². The van der Waals surface area contributed by atoms with Gasteiger partial charge in [0, 0.05) is 0 Å². The summed E-state index contributed by atoms with van der Waals surface area (Å²) in [5.41, 5.74) is 0. The third-order valence-electron chi connectivity index (χ3n) is 1.47. The maximum Gasteiger partial charge on any atom is 0.0507 e. The smallest absolute Gasteiger partial charge is 0.0507 e. The molecule has 0 nitrogen and oxygen atoms in total. The van der Waals surface area contributed by atoms with Crippen molar-refractivity contribution in [3.63, 3.8) is 0 Å². The molecule has 1 aliphatic rings. The van der Waals surface area contributed by atoms with Crippen molar-refractivity contribution in [2.75, 3.05) is 11.5 Å². The van der Waals surface area contributed by atoms with Crippen LogP contribution < -0.4 is 0 Å². The van der Waals surface area contributed by atoms with Crippen LogP contribution in [-0.4, -0.2) is 16.1 Å². The largest absolute Gasteiger partial charge is 0.148 e. The highest BCUT2D eigenvalue weighted by molar-refractivity contribution is 8.17. The molecule has 0 atom stereocenters. The van der Waals surface area contributed by atoms with Crippen LogP contribution >= 0.6 is 23.5 Å². The average Bonchev–Trinajstić information content (AvgIpc) is 1.88. The fourth-order valence-corrected chi connectivity index (χ4v) is 4.18. The molecule has 59 valence electrons. The Hall–Kier alpha value is 0.700. The lowest BCUT2D eigenvalue weighted by molar-refractivity contribution is 0.899. The van der Waals surface area contributed by atoms with Gasteiger partial charge in [-0.3, -0.25) is 0 Å². The average molecular weight is 175 g/mol. The van der Waals surface area contributed by atoms with E-state index in [0.29, 0.717) is 0 Å². The van der Waals surface area contributed by atoms with Crippen molar-refractivity contribution >= 4 is 23.5 Å². The van der Waals surface area contributed by atoms with Crippen LogP contribution in [0.3, 0.4) is 0 Å². The first-order valence-electron chi connectivity index (χ1n) is 3.81. The summed E-state index contributed by atoms with van der Waals surface area (Å²) in [4.78, 5) is 0. The second-order valence-corrected chi connectivity index (χ2v) is 5.86. The molecule has 0 aromatic carbocycles. The van der Waals surface area contributed by atoms with Gasteiger partial charge in [0.05, 0.1) is 4.58 Å². The molecular formula is C8H15S2. The van der Waals surface area contributed by atoms with Gasteiger partial charge in [0.15, 0.2) is 0 Å². The Morgan fingerprint density at radius 1 is 1.30 bits per heavy atom. The Balaban J connectivity index is 2.13. The van der Waals surface area contributed by atoms with Crippen molar-refractivity contribution in [2.24, 2.45) is 0 Å². The molecule has 1 fully saturated rings. The molecule has 0 spiro atoms. The molecule has 0 aromatic rings. The van der Waals surface area contributed by atoms with Crippen LogP contribution in [0.4, 0.5) is 0 Å². The van der Waals surface area contributed by atoms with E-state index in [1.165, 1.54) is 24.3 Å². The maximum atomic E-state index is 2.23. The third kappa shape index (κ3) is 3.20. The Labute approximate surface area is 72.5 Å². The van der Waals surface area contributed by atoms with Gasteiger partial charge in [-0.2, -0.15) is 0 Å². The van der Waals surface area contributed by atoms with Crippen LogP contribution in [0.2, 0.25) is 0 Å². The van der Waals surface area contributed by atoms with Crippen molar-refractivity contribution in [3.05, 3.63) is 5.92 Å². The molecule has 1 rings (SSSR count). The normalized spacial score (nSPS) is 21.9. The number of hydrogen-bond donors (Lipinski definition) is 0. The van der Waals surface area contributed by atoms with E-state index in [0.717, 1.165) is 4.58 Å². The zero-order valence-corrected chi connectivity index (χ0v) is 8.36. The molecule has 0 unspecified atom stereocenters. The minimum atomic E-state index is 0.874. The van der Waals surface area contributed by atoms with Gasteiger partial charge in [0.1, 0.15) is 0 Å². The van der Waals surface area contributed by atoms with Crippen LogP contribution in [0.15, 0.2) is 0 Å². The summed E-state index contributed by atoms with van der Waals surface area (Å²) in [5.74, 6) is 4.34. The van der Waals surface area contributed by atoms with Gasteiger partial charge < -0.3 is 0 Å². The van der Waals surface area contributed by atoms with Gasteiger partial charge in [0.2, 0.25) is 0 Å². The summed E-state index contributed by atoms with van der Waals surface area (Å²) in [6, 6.07) is 0. The fourth-order valence-electron chi connectivity index (χ4n) is 0.988. The Morgan fingerprint density at radius 3 is 2.40 bits per heavy atom. The molecule has 10 heavy (non-hydrogen) atoms. The first-order valence-corrected chi connectivity index (χ1v) is 5.91. The fraction of sp³-hybridized carbons (Fsp3) is 0.875. The summed E-state index contributed by atoms with van der Waals surface area (Å²) < 4.78 is 0.874. The van der Waals surface area contributed by atoms with E-state index in [1.807, 2.05) is 0 Å². The van der Waals surface area contributed by atoms with E-state index >= 15 is 0 Å². The molecule has 0 N–H and O–H groups in total. The molecule has 0 aromatic heterocycles. The van der Waals surface area contributed by atoms with Crippen molar-refractivity contribution in [1.82, 2.24) is 0 Å². The van der Waals surface area contributed by atoms with E-state index in [-0.39, 0.29) is 0 Å². The molecular weight excluding hydrogens is 160 g/mol. The third-order valence-corrected chi connectivity index (χ3v) is 4.41. The highest BCUT2D eigenvalue weighted by atomic mass is 32.2. The molecule has 0 bridgehead atoms. The predicted molar refractivity (Wildman–Crippen MR) is 52.5 cm³/mol. The number of hydrogen-bond acceptors (Lipinski definition) is 2. The van der Waals surface area contributed by atoms with Crippen molar-refractivity contribution < 1.29 is 0 Å². The van der Waals surface area contributed by atoms with Crippen molar-refractivity contribution in [2.45, 2.75) is 31.3 Å². The maximum absolute atomic E-state index is 2.23. The summed E-state index contributed by atoms with van der Waals surface area (Å²) in [6.07, 6.45) is 2.73. The molecule has 1 aliphatic heterocycles. The second kappa shape index (κ2) is 4.55. The minimum Gasteiger partial charge on any atom is -0.148 e. The first-order chi connectivity index (χ1) is 4.79. The van der Waals surface area contributed by atoms with Gasteiger partial charge >= 0.3 is 0 Å². The summed E-state index contributed by atoms with van der Waals surface area (Å²) in [6.45, 7) is 4.46. The molecule has 1 saturated heterocycles. The second-order valence-electron chi connectivity index (χ2n) is 2.94. The predicted octanol–water partition coefficient (Wildman–Crippen LogP) is 3.19. The highest BCUT2D eigenvalue weighted by Crippen LogP contribution is 2.34. The van der Waals surface area contributed by atoms with E-state index < -0.39 is 0 Å². The lowest BCUT2D eigenvalue weighted by atomic mass is 10.2. The summed E-state index contributed by atoms with van der Waals surface area (Å²) >= 11 is 4.27. The lowest BCUT2D eigenvalue weighted by Gasteiger charge is -2.21. The SMILES string of the molecule is C[C](C)CC1SCCCS1. The van der Waals surface area contributed by atoms with Crippen LogP contribution in [-0.2, 0) is 0 Å². The van der Waals surface area contributed by atoms with Gasteiger partial charge in [-0.15, -0.1) is 23.5 Å². The van der Waals surface area contributed by atoms with E-state index in [4.69, 9.17) is 0 Å². The highest BCUT2D eigenvalue weighted by Gasteiger charge is 2.15. The number of thioether (sulfide) groups is 2. The zero-order valence-electron chi connectivity index (χ0n) is 6.72. The molecule has 1 radical (unpaired) electrons. The minimum absolute atomic E-state index is 0.874. The Bertz CT molecular complexity index is 85.3. The Morgan fingerprint density at radius 2 is 1.90 bits per heavy atom. The van der Waals surface area contributed by atoms with E-state index in [9.17, 15) is 0 Å². The monoisotopic (exact) mass is 175 g/mol. The molecule has 2 heteroatoms. The molecule has 0 saturated carbocycles. The van der Waals surface area contributed by atoms with Gasteiger partial charge in [-0.05, 0) is 30.3 Å². The van der Waals surface area contributed by atoms with E-state index in [2.05, 4.69) is 37.4 Å². The zero-order chi connectivity index (χ0) is 7.40. The van der Waals surface area contributed by atoms with Gasteiger partial charge in [0.25, 0.3) is 0 Å². The van der Waals surface area contributed by atoms with Crippen LogP contribution in [0.5, 0.6) is 0 Å². The first kappa shape index (κ1) is 8.79. The topological polar surface area (TPSA) is 0 Å². The van der Waals surface area contributed by atoms with Crippen molar-refractivity contribution in [3.8, 4) is 0 Å². The van der Waals surface area contributed by atoms with Gasteiger partial charge in [-0.1, -0.05) is 13.8 Å². The quantitative estimate of drug-likeness (QED) is 0.632. The summed E-state index contributed by atoms with van der Waals surface area (Å²) in [7, 11) is 0. The van der Waals surface area contributed by atoms with Crippen LogP contribution in [0.1, 0.15) is 26.7 Å². The summed E-state index contributed by atoms with van der Waals surface area (Å²) in [5, 5.41) is 0. The van der Waals surface area contributed by atoms with E-state index in [1.54, 1.807) is 5.92 Å². The lowest BCUT2D eigenvalue weighted by Crippen LogP contribution is -2.08. The molecule has 0 aliphatic carbocycles. The standard InChI is InChI=1S/C8H15S2/c1-7(2)6-8-9-4-3-5-10-8/h8H,3-6H2,1-2H3. The van der Waals surface area contributed by atoms with Gasteiger partial charge in [-0.25, -0.2) is 0 Å². The van der Waals surface area contributed by atoms with Crippen molar-refractivity contribution in [1.29, 1.82) is 0 Å². The molecule has 0 amide bonds. The molecule has 1 heterocycles. The number of rotatable bonds is 2.